The number of carbonyl (C=O) groups is 1. The summed E-state index contributed by atoms with van der Waals surface area (Å²) in [7, 11) is 0. The minimum absolute atomic E-state index is 0.182. The van der Waals surface area contributed by atoms with E-state index in [0.717, 1.165) is 29.7 Å². The molecule has 1 aliphatic carbocycles. The molecule has 1 aromatic heterocycles. The monoisotopic (exact) mass is 431 g/mol. The Morgan fingerprint density at radius 1 is 0.969 bits per heavy atom. The van der Waals surface area contributed by atoms with Gasteiger partial charge in [0.15, 0.2) is 0 Å². The van der Waals surface area contributed by atoms with Gasteiger partial charge in [-0.1, -0.05) is 60.8 Å². The molecule has 32 heavy (non-hydrogen) atoms. The van der Waals surface area contributed by atoms with E-state index in [1.54, 1.807) is 0 Å². The minimum atomic E-state index is -0.732. The summed E-state index contributed by atoms with van der Waals surface area (Å²) in [4.78, 5) is 15.5. The highest BCUT2D eigenvalue weighted by Gasteiger charge is 2.27. The SMILES string of the molecule is O=C(O)C[C@H]1CN[C@H](c2ccc(-c3noc(-c4ccc(C5CCCCC5)cc4)n3)cc2)C1. The summed E-state index contributed by atoms with van der Waals surface area (Å²) in [5.41, 5.74) is 4.42. The van der Waals surface area contributed by atoms with Gasteiger partial charge in [-0.05, 0) is 60.9 Å². The van der Waals surface area contributed by atoms with E-state index in [9.17, 15) is 4.79 Å². The molecule has 2 atom stereocenters. The third kappa shape index (κ3) is 4.60. The number of hydrogen-bond acceptors (Lipinski definition) is 5. The van der Waals surface area contributed by atoms with Crippen LogP contribution in [0.3, 0.4) is 0 Å². The van der Waals surface area contributed by atoms with E-state index in [2.05, 4.69) is 51.9 Å². The van der Waals surface area contributed by atoms with Crippen LogP contribution in [0.5, 0.6) is 0 Å². The second-order valence-electron chi connectivity index (χ2n) is 9.16. The van der Waals surface area contributed by atoms with Crippen molar-refractivity contribution >= 4 is 5.97 Å². The summed E-state index contributed by atoms with van der Waals surface area (Å²) in [5.74, 6) is 1.24. The zero-order valence-electron chi connectivity index (χ0n) is 18.2. The maximum Gasteiger partial charge on any atom is 0.303 e. The largest absolute Gasteiger partial charge is 0.481 e. The number of rotatable bonds is 6. The normalized spacial score (nSPS) is 21.6. The Kier molecular flexibility index (Phi) is 6.04. The molecular weight excluding hydrogens is 402 g/mol. The van der Waals surface area contributed by atoms with Crippen LogP contribution in [0.1, 0.15) is 68.0 Å². The Balaban J connectivity index is 1.25. The standard InChI is InChI=1S/C26H29N3O3/c30-24(31)15-17-14-23(27-16-17)20-8-10-21(11-9-20)25-28-26(32-29-25)22-12-6-19(7-13-22)18-4-2-1-3-5-18/h6-13,17-18,23,27H,1-5,14-16H2,(H,30,31)/t17-,23-/m0/s1. The van der Waals surface area contributed by atoms with Gasteiger partial charge >= 0.3 is 5.97 Å². The van der Waals surface area contributed by atoms with E-state index < -0.39 is 5.97 Å². The number of aromatic nitrogens is 2. The molecule has 0 amide bonds. The van der Waals surface area contributed by atoms with Gasteiger partial charge in [-0.15, -0.1) is 0 Å². The molecule has 6 heteroatoms. The lowest BCUT2D eigenvalue weighted by Crippen LogP contribution is -2.14. The minimum Gasteiger partial charge on any atom is -0.481 e. The Bertz CT molecular complexity index is 1050. The number of carboxylic acids is 1. The molecule has 3 aromatic rings. The first-order chi connectivity index (χ1) is 15.7. The van der Waals surface area contributed by atoms with Crippen LogP contribution in [-0.4, -0.2) is 27.8 Å². The number of aliphatic carboxylic acids is 1. The molecular formula is C26H29N3O3. The van der Waals surface area contributed by atoms with E-state index in [0.29, 0.717) is 17.6 Å². The quantitative estimate of drug-likeness (QED) is 0.530. The Hall–Kier alpha value is -2.99. The summed E-state index contributed by atoms with van der Waals surface area (Å²) in [6.07, 6.45) is 7.66. The Morgan fingerprint density at radius 3 is 2.38 bits per heavy atom. The molecule has 2 aliphatic rings. The summed E-state index contributed by atoms with van der Waals surface area (Å²) in [6, 6.07) is 16.9. The lowest BCUT2D eigenvalue weighted by atomic mass is 9.84. The molecule has 1 saturated carbocycles. The Morgan fingerprint density at radius 2 is 1.66 bits per heavy atom. The number of nitrogens with zero attached hydrogens (tertiary/aromatic N) is 2. The van der Waals surface area contributed by atoms with Crippen molar-refractivity contribution in [3.8, 4) is 22.8 Å². The molecule has 1 aliphatic heterocycles. The maximum absolute atomic E-state index is 10.9. The van der Waals surface area contributed by atoms with Gasteiger partial charge in [0.25, 0.3) is 5.89 Å². The van der Waals surface area contributed by atoms with Gasteiger partial charge in [-0.2, -0.15) is 4.98 Å². The van der Waals surface area contributed by atoms with Crippen molar-refractivity contribution < 1.29 is 14.4 Å². The van der Waals surface area contributed by atoms with Gasteiger partial charge in [0, 0.05) is 23.6 Å². The van der Waals surface area contributed by atoms with Crippen molar-refractivity contribution in [2.75, 3.05) is 6.54 Å². The highest BCUT2D eigenvalue weighted by Crippen LogP contribution is 2.34. The fourth-order valence-corrected chi connectivity index (χ4v) is 5.12. The molecule has 0 unspecified atom stereocenters. The molecule has 2 heterocycles. The average molecular weight is 432 g/mol. The van der Waals surface area contributed by atoms with Crippen LogP contribution in [0.15, 0.2) is 53.1 Å². The molecule has 2 aromatic carbocycles. The van der Waals surface area contributed by atoms with Crippen molar-refractivity contribution in [2.45, 2.75) is 56.9 Å². The molecule has 0 bridgehead atoms. The van der Waals surface area contributed by atoms with E-state index in [-0.39, 0.29) is 18.4 Å². The molecule has 2 N–H and O–H groups in total. The van der Waals surface area contributed by atoms with E-state index in [4.69, 9.17) is 9.63 Å². The van der Waals surface area contributed by atoms with Gasteiger partial charge < -0.3 is 14.9 Å². The molecule has 6 nitrogen and oxygen atoms in total. The molecule has 0 spiro atoms. The van der Waals surface area contributed by atoms with E-state index >= 15 is 0 Å². The van der Waals surface area contributed by atoms with Gasteiger partial charge in [-0.3, -0.25) is 4.79 Å². The maximum atomic E-state index is 10.9. The summed E-state index contributed by atoms with van der Waals surface area (Å²) in [6.45, 7) is 0.743. The molecule has 2 fully saturated rings. The smallest absolute Gasteiger partial charge is 0.303 e. The van der Waals surface area contributed by atoms with Crippen molar-refractivity contribution in [2.24, 2.45) is 5.92 Å². The van der Waals surface area contributed by atoms with Gasteiger partial charge in [0.05, 0.1) is 0 Å². The van der Waals surface area contributed by atoms with Crippen LogP contribution in [0, 0.1) is 5.92 Å². The second kappa shape index (κ2) is 9.25. The predicted molar refractivity (Wildman–Crippen MR) is 122 cm³/mol. The van der Waals surface area contributed by atoms with Crippen LogP contribution < -0.4 is 5.32 Å². The first-order valence-corrected chi connectivity index (χ1v) is 11.7. The highest BCUT2D eigenvalue weighted by molar-refractivity contribution is 5.67. The van der Waals surface area contributed by atoms with Crippen LogP contribution in [-0.2, 0) is 4.79 Å². The second-order valence-corrected chi connectivity index (χ2v) is 9.16. The highest BCUT2D eigenvalue weighted by atomic mass is 16.5. The topological polar surface area (TPSA) is 88.2 Å². The Labute approximate surface area is 188 Å². The van der Waals surface area contributed by atoms with Crippen molar-refractivity contribution in [1.82, 2.24) is 15.5 Å². The first kappa shape index (κ1) is 20.9. The molecule has 5 rings (SSSR count). The first-order valence-electron chi connectivity index (χ1n) is 11.7. The number of nitrogens with one attached hydrogen (secondary N) is 1. The molecule has 0 radical (unpaired) electrons. The van der Waals surface area contributed by atoms with Crippen molar-refractivity contribution in [3.63, 3.8) is 0 Å². The van der Waals surface area contributed by atoms with Gasteiger partial charge in [0.2, 0.25) is 5.82 Å². The van der Waals surface area contributed by atoms with Crippen molar-refractivity contribution in [1.29, 1.82) is 0 Å². The van der Waals surface area contributed by atoms with E-state index in [1.165, 1.54) is 37.7 Å². The number of carboxylic acid groups (broad SMARTS) is 1. The zero-order chi connectivity index (χ0) is 21.9. The fraction of sp³-hybridized carbons (Fsp3) is 0.423. The van der Waals surface area contributed by atoms with Crippen LogP contribution >= 0.6 is 0 Å². The molecule has 166 valence electrons. The van der Waals surface area contributed by atoms with Crippen LogP contribution in [0.2, 0.25) is 0 Å². The van der Waals surface area contributed by atoms with Gasteiger partial charge in [-0.25, -0.2) is 0 Å². The third-order valence-corrected chi connectivity index (χ3v) is 6.92. The average Bonchev–Trinajstić information content (AvgIpc) is 3.50. The summed E-state index contributed by atoms with van der Waals surface area (Å²) >= 11 is 0. The summed E-state index contributed by atoms with van der Waals surface area (Å²) in [5, 5.41) is 16.6. The molecule has 1 saturated heterocycles. The van der Waals surface area contributed by atoms with Crippen molar-refractivity contribution in [3.05, 3.63) is 59.7 Å². The van der Waals surface area contributed by atoms with Crippen LogP contribution in [0.25, 0.3) is 22.8 Å². The fourth-order valence-electron chi connectivity index (χ4n) is 5.12. The zero-order valence-corrected chi connectivity index (χ0v) is 18.2. The number of benzene rings is 2. The predicted octanol–water partition coefficient (Wildman–Crippen LogP) is 5.58. The van der Waals surface area contributed by atoms with E-state index in [1.807, 2.05) is 12.1 Å². The lowest BCUT2D eigenvalue weighted by Gasteiger charge is -2.21. The third-order valence-electron chi connectivity index (χ3n) is 6.92. The van der Waals surface area contributed by atoms with Gasteiger partial charge in [0.1, 0.15) is 0 Å². The van der Waals surface area contributed by atoms with Crippen LogP contribution in [0.4, 0.5) is 0 Å². The lowest BCUT2D eigenvalue weighted by molar-refractivity contribution is -0.137. The number of hydrogen-bond donors (Lipinski definition) is 2. The summed E-state index contributed by atoms with van der Waals surface area (Å²) < 4.78 is 5.54.